The minimum absolute atomic E-state index is 0.154. The van der Waals surface area contributed by atoms with Gasteiger partial charge in [-0.25, -0.2) is 0 Å². The van der Waals surface area contributed by atoms with Crippen molar-refractivity contribution in [3.8, 4) is 0 Å². The molecule has 3 rings (SSSR count). The first kappa shape index (κ1) is 20.1. The highest BCUT2D eigenvalue weighted by atomic mass is 127. The number of amides is 2. The third kappa shape index (κ3) is 3.34. The van der Waals surface area contributed by atoms with Gasteiger partial charge < -0.3 is 9.80 Å². The summed E-state index contributed by atoms with van der Waals surface area (Å²) in [6, 6.07) is 2.73. The van der Waals surface area contributed by atoms with Gasteiger partial charge in [0, 0.05) is 25.7 Å². The number of likely N-dealkylation sites (N-methyl/N-ethyl adjacent to an activating group) is 1. The van der Waals surface area contributed by atoms with Crippen molar-refractivity contribution in [1.82, 2.24) is 4.90 Å². The van der Waals surface area contributed by atoms with Crippen LogP contribution in [0.25, 0.3) is 0 Å². The molecule has 1 aliphatic carbocycles. The zero-order valence-electron chi connectivity index (χ0n) is 12.8. The van der Waals surface area contributed by atoms with Crippen molar-refractivity contribution in [2.75, 3.05) is 18.5 Å². The lowest BCUT2D eigenvalue weighted by atomic mass is 10.2. The Morgan fingerprint density at radius 3 is 2.28 bits per heavy atom. The summed E-state index contributed by atoms with van der Waals surface area (Å²) in [6.45, 7) is 0.441. The van der Waals surface area contributed by atoms with Crippen LogP contribution in [0, 0.1) is 3.57 Å². The lowest BCUT2D eigenvalue weighted by molar-refractivity contribution is -0.137. The second-order valence-electron chi connectivity index (χ2n) is 6.12. The van der Waals surface area contributed by atoms with Crippen molar-refractivity contribution in [1.29, 1.82) is 0 Å². The quantitative estimate of drug-likeness (QED) is 0.307. The first-order chi connectivity index (χ1) is 11.5. The zero-order chi connectivity index (χ0) is 18.7. The van der Waals surface area contributed by atoms with Crippen LogP contribution in [0.2, 0.25) is 10.0 Å². The van der Waals surface area contributed by atoms with Crippen molar-refractivity contribution in [3.05, 3.63) is 25.7 Å². The molecule has 2 fully saturated rings. The van der Waals surface area contributed by atoms with Crippen LogP contribution in [0.5, 0.6) is 0 Å². The lowest BCUT2D eigenvalue weighted by Crippen LogP contribution is -2.47. The van der Waals surface area contributed by atoms with Crippen LogP contribution in [-0.4, -0.2) is 45.6 Å². The van der Waals surface area contributed by atoms with Crippen LogP contribution < -0.4 is 4.90 Å². The Kier molecular flexibility index (Phi) is 5.42. The molecule has 1 aromatic carbocycles. The van der Waals surface area contributed by atoms with E-state index in [1.54, 1.807) is 17.0 Å². The predicted molar refractivity (Wildman–Crippen MR) is 110 cm³/mol. The van der Waals surface area contributed by atoms with E-state index in [1.807, 2.05) is 22.6 Å². The topological polar surface area (TPSA) is 40.6 Å². The van der Waals surface area contributed by atoms with E-state index in [4.69, 9.17) is 58.0 Å². The molecule has 2 atom stereocenters. The first-order valence-electron chi connectivity index (χ1n) is 7.29. The Morgan fingerprint density at radius 1 is 1.28 bits per heavy atom. The molecule has 0 spiro atoms. The van der Waals surface area contributed by atoms with E-state index >= 15 is 0 Å². The van der Waals surface area contributed by atoms with Crippen molar-refractivity contribution in [2.24, 2.45) is 0 Å². The summed E-state index contributed by atoms with van der Waals surface area (Å²) in [5, 5.41) is 0.936. The molecule has 1 saturated carbocycles. The Bertz CT molecular complexity index is 751. The van der Waals surface area contributed by atoms with Gasteiger partial charge in [-0.1, -0.05) is 46.4 Å². The molecule has 2 amide bonds. The molecule has 0 N–H and O–H groups in total. The van der Waals surface area contributed by atoms with Gasteiger partial charge in [0.25, 0.3) is 0 Å². The zero-order valence-corrected chi connectivity index (χ0v) is 18.8. The van der Waals surface area contributed by atoms with E-state index in [0.717, 1.165) is 3.57 Å². The number of alkyl halides is 3. The summed E-state index contributed by atoms with van der Waals surface area (Å²) in [4.78, 5) is 26.9. The molecular weight excluding hydrogens is 544 g/mol. The second kappa shape index (κ2) is 6.74. The van der Waals surface area contributed by atoms with Crippen LogP contribution in [-0.2, 0) is 9.59 Å². The SMILES string of the molecule is CN(C(=O)C1(Cl)CC1(Cl)Cl)C1CCN(c2cc(Cl)c(I)c(Cl)c2)C1=O. The van der Waals surface area contributed by atoms with Crippen LogP contribution in [0.3, 0.4) is 0 Å². The fourth-order valence-corrected chi connectivity index (χ4v) is 4.71. The van der Waals surface area contributed by atoms with Crippen molar-refractivity contribution in [2.45, 2.75) is 28.1 Å². The monoisotopic (exact) mass is 554 g/mol. The van der Waals surface area contributed by atoms with Gasteiger partial charge in [0.2, 0.25) is 11.8 Å². The molecule has 2 unspecified atom stereocenters. The molecule has 25 heavy (non-hydrogen) atoms. The standard InChI is InChI=1S/C15H12Cl5IN2O2/c1-22(13(25)14(18)6-15(14,19)20)10-2-3-23(12(10)24)7-4-8(16)11(21)9(17)5-7/h4-5,10H,2-3,6H2,1H3. The average molecular weight is 556 g/mol. The van der Waals surface area contributed by atoms with Crippen molar-refractivity contribution >= 4 is 98.1 Å². The van der Waals surface area contributed by atoms with Crippen LogP contribution >= 0.6 is 80.6 Å². The van der Waals surface area contributed by atoms with Gasteiger partial charge >= 0.3 is 0 Å². The summed E-state index contributed by atoms with van der Waals surface area (Å²) in [7, 11) is 1.54. The number of hydrogen-bond donors (Lipinski definition) is 0. The summed E-state index contributed by atoms with van der Waals surface area (Å²) >= 11 is 32.5. The molecule has 1 heterocycles. The highest BCUT2D eigenvalue weighted by Crippen LogP contribution is 2.62. The minimum atomic E-state index is -1.37. The smallest absolute Gasteiger partial charge is 0.249 e. The molecule has 0 bridgehead atoms. The van der Waals surface area contributed by atoms with Gasteiger partial charge in [-0.05, 0) is 41.1 Å². The molecule has 1 aromatic rings. The van der Waals surface area contributed by atoms with Crippen molar-refractivity contribution < 1.29 is 9.59 Å². The number of hydrogen-bond acceptors (Lipinski definition) is 2. The first-order valence-corrected chi connectivity index (χ1v) is 10.3. The molecule has 0 radical (unpaired) electrons. The van der Waals surface area contributed by atoms with Crippen molar-refractivity contribution in [3.63, 3.8) is 0 Å². The van der Waals surface area contributed by atoms with E-state index in [2.05, 4.69) is 0 Å². The Hall–Kier alpha value is 0.340. The number of anilines is 1. The highest BCUT2D eigenvalue weighted by molar-refractivity contribution is 14.1. The molecule has 2 aliphatic rings. The van der Waals surface area contributed by atoms with E-state index in [-0.39, 0.29) is 12.3 Å². The number of carbonyl (C=O) groups is 2. The summed E-state index contributed by atoms with van der Waals surface area (Å²) < 4.78 is -0.572. The predicted octanol–water partition coefficient (Wildman–Crippen LogP) is 4.72. The Labute approximate surface area is 183 Å². The van der Waals surface area contributed by atoms with Gasteiger partial charge in [-0.15, -0.1) is 11.6 Å². The molecule has 136 valence electrons. The van der Waals surface area contributed by atoms with Crippen LogP contribution in [0.4, 0.5) is 5.69 Å². The van der Waals surface area contributed by atoms with Gasteiger partial charge in [0.1, 0.15) is 10.4 Å². The highest BCUT2D eigenvalue weighted by Gasteiger charge is 2.72. The third-order valence-corrected chi connectivity index (χ3v) is 8.62. The van der Waals surface area contributed by atoms with Crippen LogP contribution in [0.1, 0.15) is 12.8 Å². The van der Waals surface area contributed by atoms with E-state index in [9.17, 15) is 9.59 Å². The van der Waals surface area contributed by atoms with E-state index in [0.29, 0.717) is 28.7 Å². The van der Waals surface area contributed by atoms with Gasteiger partial charge in [-0.3, -0.25) is 9.59 Å². The minimum Gasteiger partial charge on any atom is -0.332 e. The van der Waals surface area contributed by atoms with Crippen LogP contribution in [0.15, 0.2) is 12.1 Å². The van der Waals surface area contributed by atoms with Gasteiger partial charge in [0.15, 0.2) is 4.87 Å². The summed E-state index contributed by atoms with van der Waals surface area (Å²) in [5.41, 5.74) is 0.597. The number of nitrogens with zero attached hydrogens (tertiary/aromatic N) is 2. The molecule has 0 aromatic heterocycles. The number of carbonyl (C=O) groups excluding carboxylic acids is 2. The fourth-order valence-electron chi connectivity index (χ4n) is 2.89. The third-order valence-electron chi connectivity index (χ3n) is 4.50. The number of rotatable bonds is 3. The molecule has 1 aliphatic heterocycles. The largest absolute Gasteiger partial charge is 0.332 e. The Morgan fingerprint density at radius 2 is 1.80 bits per heavy atom. The van der Waals surface area contributed by atoms with E-state index < -0.39 is 21.2 Å². The number of halogens is 6. The number of benzene rings is 1. The second-order valence-corrected chi connectivity index (χ2v) is 10.1. The summed E-state index contributed by atoms with van der Waals surface area (Å²) in [5.74, 6) is -0.669. The van der Waals surface area contributed by atoms with Gasteiger partial charge in [0.05, 0.1) is 13.6 Å². The van der Waals surface area contributed by atoms with E-state index in [1.165, 1.54) is 11.9 Å². The average Bonchev–Trinajstić information content (AvgIpc) is 2.87. The maximum atomic E-state index is 12.8. The lowest BCUT2D eigenvalue weighted by Gasteiger charge is -2.26. The maximum absolute atomic E-state index is 12.8. The molecule has 10 heteroatoms. The van der Waals surface area contributed by atoms with Gasteiger partial charge in [-0.2, -0.15) is 0 Å². The molecule has 4 nitrogen and oxygen atoms in total. The fraction of sp³-hybridized carbons (Fsp3) is 0.467. The summed E-state index contributed by atoms with van der Waals surface area (Å²) in [6.07, 6.45) is 0.619. The normalized spacial score (nSPS) is 27.6. The molecular formula is C15H12Cl5IN2O2. The molecule has 1 saturated heterocycles. The Balaban J connectivity index is 1.79. The maximum Gasteiger partial charge on any atom is 0.249 e.